The van der Waals surface area contributed by atoms with Gasteiger partial charge in [-0.15, -0.1) is 0 Å². The molecule has 0 spiro atoms. The Bertz CT molecular complexity index is 248. The zero-order chi connectivity index (χ0) is 12.9. The summed E-state index contributed by atoms with van der Waals surface area (Å²) >= 11 is 0. The van der Waals surface area contributed by atoms with E-state index in [1.165, 1.54) is 6.42 Å². The molecule has 0 aromatic heterocycles. The van der Waals surface area contributed by atoms with Crippen LogP contribution in [0.3, 0.4) is 0 Å². The Balaban J connectivity index is 2.49. The highest BCUT2D eigenvalue weighted by atomic mass is 16.6. The van der Waals surface area contributed by atoms with Crippen molar-refractivity contribution in [2.75, 3.05) is 6.61 Å². The van der Waals surface area contributed by atoms with Crippen molar-refractivity contribution in [1.29, 1.82) is 0 Å². The van der Waals surface area contributed by atoms with Gasteiger partial charge in [-0.2, -0.15) is 0 Å². The molecule has 2 atom stereocenters. The van der Waals surface area contributed by atoms with Crippen LogP contribution >= 0.6 is 0 Å². The molecule has 0 heterocycles. The first-order chi connectivity index (χ1) is 7.92. The van der Waals surface area contributed by atoms with Gasteiger partial charge in [0.05, 0.1) is 0 Å². The molecule has 100 valence electrons. The molecule has 1 saturated carbocycles. The molecule has 17 heavy (non-hydrogen) atoms. The summed E-state index contributed by atoms with van der Waals surface area (Å²) in [7, 11) is 0. The largest absolute Gasteiger partial charge is 0.444 e. The summed E-state index contributed by atoms with van der Waals surface area (Å²) in [6, 6.07) is 0.0531. The smallest absolute Gasteiger partial charge is 0.407 e. The number of nitrogens with one attached hydrogen (secondary N) is 1. The second-order valence-electron chi connectivity index (χ2n) is 5.83. The first-order valence-corrected chi connectivity index (χ1v) is 6.53. The minimum atomic E-state index is -0.469. The maximum Gasteiger partial charge on any atom is 0.407 e. The molecule has 1 aliphatic carbocycles. The summed E-state index contributed by atoms with van der Waals surface area (Å²) < 4.78 is 5.24. The molecule has 0 aliphatic heterocycles. The van der Waals surface area contributed by atoms with Crippen molar-refractivity contribution in [2.24, 2.45) is 5.92 Å². The van der Waals surface area contributed by atoms with Crippen LogP contribution in [0.5, 0.6) is 0 Å². The predicted molar refractivity (Wildman–Crippen MR) is 66.8 cm³/mol. The fraction of sp³-hybridized carbons (Fsp3) is 0.923. The summed E-state index contributed by atoms with van der Waals surface area (Å²) in [5, 5.41) is 12.2. The van der Waals surface area contributed by atoms with Crippen molar-refractivity contribution >= 4 is 6.09 Å². The normalized spacial score (nSPS) is 26.1. The number of carbonyl (C=O) groups excluding carboxylic acids is 1. The minimum absolute atomic E-state index is 0.0531. The van der Waals surface area contributed by atoms with Crippen LogP contribution in [0.1, 0.15) is 52.9 Å². The third kappa shape index (κ3) is 5.39. The quantitative estimate of drug-likeness (QED) is 0.732. The number of amides is 1. The fourth-order valence-electron chi connectivity index (χ4n) is 2.25. The molecule has 2 unspecified atom stereocenters. The van der Waals surface area contributed by atoms with E-state index < -0.39 is 5.60 Å². The molecular formula is C13H25NO3. The van der Waals surface area contributed by atoms with E-state index in [0.717, 1.165) is 25.7 Å². The van der Waals surface area contributed by atoms with Crippen LogP contribution in [0, 0.1) is 5.92 Å². The molecule has 0 radical (unpaired) electrons. The molecule has 0 saturated heterocycles. The summed E-state index contributed by atoms with van der Waals surface area (Å²) in [5.41, 5.74) is -0.469. The van der Waals surface area contributed by atoms with E-state index in [2.05, 4.69) is 5.32 Å². The average molecular weight is 243 g/mol. The van der Waals surface area contributed by atoms with E-state index in [0.29, 0.717) is 0 Å². The highest BCUT2D eigenvalue weighted by Crippen LogP contribution is 2.23. The zero-order valence-electron chi connectivity index (χ0n) is 11.2. The topological polar surface area (TPSA) is 58.6 Å². The van der Waals surface area contributed by atoms with Gasteiger partial charge in [0.25, 0.3) is 0 Å². The number of aliphatic hydroxyl groups is 1. The Morgan fingerprint density at radius 1 is 1.29 bits per heavy atom. The van der Waals surface area contributed by atoms with Crippen molar-refractivity contribution in [1.82, 2.24) is 5.32 Å². The lowest BCUT2D eigenvalue weighted by Gasteiger charge is -2.27. The molecule has 1 rings (SSSR count). The van der Waals surface area contributed by atoms with Crippen LogP contribution in [0.4, 0.5) is 4.79 Å². The highest BCUT2D eigenvalue weighted by Gasteiger charge is 2.26. The Kier molecular flexibility index (Phi) is 5.25. The standard InChI is InChI=1S/C13H25NO3/c1-13(2,3)17-12(16)14-11-8-6-4-5-7-10(11)9-15/h10-11,15H,4-9H2,1-3H3,(H,14,16). The summed E-state index contributed by atoms with van der Waals surface area (Å²) in [6.45, 7) is 5.69. The first kappa shape index (κ1) is 14.3. The summed E-state index contributed by atoms with van der Waals surface area (Å²) in [6.07, 6.45) is 4.97. The molecule has 1 aliphatic rings. The molecule has 2 N–H and O–H groups in total. The lowest BCUT2D eigenvalue weighted by Crippen LogP contribution is -2.43. The average Bonchev–Trinajstić information content (AvgIpc) is 2.39. The van der Waals surface area contributed by atoms with Crippen molar-refractivity contribution in [2.45, 2.75) is 64.5 Å². The minimum Gasteiger partial charge on any atom is -0.444 e. The number of ether oxygens (including phenoxy) is 1. The van der Waals surface area contributed by atoms with Crippen LogP contribution in [0.25, 0.3) is 0 Å². The highest BCUT2D eigenvalue weighted by molar-refractivity contribution is 5.68. The van der Waals surface area contributed by atoms with Crippen LogP contribution in [-0.4, -0.2) is 29.4 Å². The second-order valence-corrected chi connectivity index (χ2v) is 5.83. The maximum absolute atomic E-state index is 11.7. The van der Waals surface area contributed by atoms with Crippen molar-refractivity contribution < 1.29 is 14.6 Å². The third-order valence-electron chi connectivity index (χ3n) is 3.10. The van der Waals surface area contributed by atoms with Crippen molar-refractivity contribution in [3.63, 3.8) is 0 Å². The Hall–Kier alpha value is -0.770. The molecule has 4 heteroatoms. The van der Waals surface area contributed by atoms with Gasteiger partial charge in [0.1, 0.15) is 5.60 Å². The van der Waals surface area contributed by atoms with Gasteiger partial charge in [-0.05, 0) is 33.6 Å². The van der Waals surface area contributed by atoms with Gasteiger partial charge in [0.2, 0.25) is 0 Å². The maximum atomic E-state index is 11.7. The van der Waals surface area contributed by atoms with Crippen LogP contribution in [-0.2, 0) is 4.74 Å². The van der Waals surface area contributed by atoms with Crippen LogP contribution in [0.2, 0.25) is 0 Å². The van der Waals surface area contributed by atoms with Gasteiger partial charge >= 0.3 is 6.09 Å². The van der Waals surface area contributed by atoms with E-state index in [9.17, 15) is 9.90 Å². The van der Waals surface area contributed by atoms with E-state index in [1.807, 2.05) is 20.8 Å². The Labute approximate surface area is 104 Å². The SMILES string of the molecule is CC(C)(C)OC(=O)NC1CCCCCC1CO. The van der Waals surface area contributed by atoms with Crippen LogP contribution < -0.4 is 5.32 Å². The van der Waals surface area contributed by atoms with Gasteiger partial charge in [-0.3, -0.25) is 0 Å². The zero-order valence-corrected chi connectivity index (χ0v) is 11.2. The molecule has 4 nitrogen and oxygen atoms in total. The number of carbonyl (C=O) groups is 1. The third-order valence-corrected chi connectivity index (χ3v) is 3.10. The number of hydrogen-bond acceptors (Lipinski definition) is 3. The van der Waals surface area contributed by atoms with E-state index >= 15 is 0 Å². The van der Waals surface area contributed by atoms with E-state index in [4.69, 9.17) is 4.74 Å². The van der Waals surface area contributed by atoms with Gasteiger partial charge in [0, 0.05) is 18.6 Å². The van der Waals surface area contributed by atoms with Gasteiger partial charge in [0.15, 0.2) is 0 Å². The van der Waals surface area contributed by atoms with E-state index in [-0.39, 0.29) is 24.7 Å². The second kappa shape index (κ2) is 6.24. The number of aliphatic hydroxyl groups excluding tert-OH is 1. The summed E-state index contributed by atoms with van der Waals surface area (Å²) in [5.74, 6) is 0.171. The molecule has 0 bridgehead atoms. The lowest BCUT2D eigenvalue weighted by molar-refractivity contribution is 0.0467. The van der Waals surface area contributed by atoms with Crippen molar-refractivity contribution in [3.8, 4) is 0 Å². The molecule has 0 aromatic rings. The van der Waals surface area contributed by atoms with Crippen molar-refractivity contribution in [3.05, 3.63) is 0 Å². The van der Waals surface area contributed by atoms with Gasteiger partial charge < -0.3 is 15.2 Å². The van der Waals surface area contributed by atoms with Gasteiger partial charge in [-0.25, -0.2) is 4.79 Å². The van der Waals surface area contributed by atoms with Gasteiger partial charge in [-0.1, -0.05) is 19.3 Å². The lowest BCUT2D eigenvalue weighted by atomic mass is 9.96. The Morgan fingerprint density at radius 2 is 1.94 bits per heavy atom. The Morgan fingerprint density at radius 3 is 2.53 bits per heavy atom. The van der Waals surface area contributed by atoms with E-state index in [1.54, 1.807) is 0 Å². The molecular weight excluding hydrogens is 218 g/mol. The number of alkyl carbamates (subject to hydrolysis) is 1. The summed E-state index contributed by atoms with van der Waals surface area (Å²) in [4.78, 5) is 11.7. The molecule has 1 amide bonds. The first-order valence-electron chi connectivity index (χ1n) is 6.53. The fourth-order valence-corrected chi connectivity index (χ4v) is 2.25. The number of rotatable bonds is 2. The molecule has 1 fully saturated rings. The van der Waals surface area contributed by atoms with Crippen LogP contribution in [0.15, 0.2) is 0 Å². The predicted octanol–water partition coefficient (Wildman–Crippen LogP) is 2.45. The molecule has 0 aromatic carbocycles. The monoisotopic (exact) mass is 243 g/mol. The number of hydrogen-bond donors (Lipinski definition) is 2.